The van der Waals surface area contributed by atoms with Gasteiger partial charge in [0.05, 0.1) is 16.8 Å². The molecule has 0 aliphatic carbocycles. The molecule has 0 bridgehead atoms. The fourth-order valence-electron chi connectivity index (χ4n) is 2.44. The van der Waals surface area contributed by atoms with Crippen molar-refractivity contribution in [2.75, 3.05) is 12.0 Å². The average Bonchev–Trinajstić information content (AvgIpc) is 3.08. The van der Waals surface area contributed by atoms with E-state index < -0.39 is 27.2 Å². The van der Waals surface area contributed by atoms with Crippen LogP contribution < -0.4 is 0 Å². The number of hydrogen-bond donors (Lipinski definition) is 0. The third kappa shape index (κ3) is 3.86. The van der Waals surface area contributed by atoms with E-state index in [2.05, 4.69) is 15.1 Å². The minimum absolute atomic E-state index is 0.201. The smallest absolute Gasteiger partial charge is 0.195 e. The summed E-state index contributed by atoms with van der Waals surface area (Å²) in [4.78, 5) is 21.1. The van der Waals surface area contributed by atoms with Gasteiger partial charge in [0.15, 0.2) is 15.6 Å². The number of pyridine rings is 1. The Morgan fingerprint density at radius 1 is 1.31 bits per heavy atom. The summed E-state index contributed by atoms with van der Waals surface area (Å²) < 4.78 is 37.4. The van der Waals surface area contributed by atoms with Crippen LogP contribution in [0.1, 0.15) is 16.2 Å². The minimum atomic E-state index is -3.43. The van der Waals surface area contributed by atoms with Crippen LogP contribution in [-0.2, 0) is 16.9 Å². The zero-order valence-corrected chi connectivity index (χ0v) is 15.9. The molecule has 3 aromatic rings. The Morgan fingerprint density at radius 2 is 2.04 bits per heavy atom. The molecule has 0 aliphatic heterocycles. The fourth-order valence-corrected chi connectivity index (χ4v) is 4.06. The molecule has 0 fully saturated rings. The zero-order valence-electron chi connectivity index (χ0n) is 14.2. The number of aryl methyl sites for hydroxylation is 2. The molecule has 10 heteroatoms. The number of rotatable bonds is 5. The summed E-state index contributed by atoms with van der Waals surface area (Å²) in [5.41, 5.74) is 1.94. The molecule has 0 atom stereocenters. The monoisotopic (exact) mass is 394 g/mol. The van der Waals surface area contributed by atoms with Gasteiger partial charge < -0.3 is 0 Å². The van der Waals surface area contributed by atoms with Gasteiger partial charge in [-0.2, -0.15) is 5.10 Å². The lowest BCUT2D eigenvalue weighted by molar-refractivity contribution is 0.101. The molecule has 0 amide bonds. The number of nitrogens with zero attached hydrogens (tertiary/aromatic N) is 4. The van der Waals surface area contributed by atoms with Crippen LogP contribution in [0.25, 0.3) is 21.1 Å². The molecule has 3 rings (SSSR count). The Hall–Kier alpha value is -2.46. The van der Waals surface area contributed by atoms with Crippen molar-refractivity contribution in [1.29, 1.82) is 0 Å². The first-order valence-electron chi connectivity index (χ1n) is 7.48. The predicted molar refractivity (Wildman–Crippen MR) is 96.3 cm³/mol. The van der Waals surface area contributed by atoms with Gasteiger partial charge in [0.1, 0.15) is 28.0 Å². The Morgan fingerprint density at radius 3 is 2.69 bits per heavy atom. The third-order valence-electron chi connectivity index (χ3n) is 3.54. The van der Waals surface area contributed by atoms with Crippen LogP contribution in [0.5, 0.6) is 0 Å². The Labute approximate surface area is 153 Å². The Kier molecular flexibility index (Phi) is 4.72. The lowest BCUT2D eigenvalue weighted by Crippen LogP contribution is -2.17. The standard InChI is InChI=1S/C16H15FN4O3S2/c1-9-15(25-16(19-9)10-4-11(17)7-18-6-10)12-5-13(21(2)20-12)14(22)8-26(3,23)24/h4-7H,8H2,1-3H3. The highest BCUT2D eigenvalue weighted by molar-refractivity contribution is 7.91. The molecule has 3 aromatic heterocycles. The van der Waals surface area contributed by atoms with Crippen molar-refractivity contribution in [3.63, 3.8) is 0 Å². The third-order valence-corrected chi connectivity index (χ3v) is 5.56. The largest absolute Gasteiger partial charge is 0.291 e. The van der Waals surface area contributed by atoms with Crippen LogP contribution >= 0.6 is 11.3 Å². The molecule has 0 aromatic carbocycles. The van der Waals surface area contributed by atoms with E-state index in [0.29, 0.717) is 22.0 Å². The summed E-state index contributed by atoms with van der Waals surface area (Å²) in [6.07, 6.45) is 3.64. The van der Waals surface area contributed by atoms with Crippen molar-refractivity contribution in [2.24, 2.45) is 7.05 Å². The summed E-state index contributed by atoms with van der Waals surface area (Å²) in [6, 6.07) is 2.89. The molecule has 0 saturated carbocycles. The maximum atomic E-state index is 13.4. The number of hydrogen-bond acceptors (Lipinski definition) is 7. The Balaban J connectivity index is 1.98. The van der Waals surface area contributed by atoms with Gasteiger partial charge in [-0.1, -0.05) is 0 Å². The first-order valence-corrected chi connectivity index (χ1v) is 10.4. The van der Waals surface area contributed by atoms with E-state index in [9.17, 15) is 17.6 Å². The van der Waals surface area contributed by atoms with E-state index >= 15 is 0 Å². The van der Waals surface area contributed by atoms with Crippen LogP contribution in [0.15, 0.2) is 24.5 Å². The van der Waals surface area contributed by atoms with Crippen molar-refractivity contribution in [2.45, 2.75) is 6.92 Å². The maximum Gasteiger partial charge on any atom is 0.195 e. The van der Waals surface area contributed by atoms with Gasteiger partial charge in [-0.05, 0) is 19.1 Å². The van der Waals surface area contributed by atoms with E-state index in [0.717, 1.165) is 17.3 Å². The minimum Gasteiger partial charge on any atom is -0.291 e. The van der Waals surface area contributed by atoms with Gasteiger partial charge in [-0.3, -0.25) is 14.5 Å². The summed E-state index contributed by atoms with van der Waals surface area (Å²) in [5.74, 6) is -1.55. The normalized spacial score (nSPS) is 11.7. The SMILES string of the molecule is Cc1nc(-c2cncc(F)c2)sc1-c1cc(C(=O)CS(C)(=O)=O)n(C)n1. The fraction of sp³-hybridized carbons (Fsp3) is 0.250. The van der Waals surface area contributed by atoms with Gasteiger partial charge >= 0.3 is 0 Å². The molecule has 0 spiro atoms. The van der Waals surface area contributed by atoms with Crippen LogP contribution in [-0.4, -0.2) is 46.0 Å². The summed E-state index contributed by atoms with van der Waals surface area (Å²) in [7, 11) is -1.85. The predicted octanol–water partition coefficient (Wildman–Crippen LogP) is 2.28. The molecular weight excluding hydrogens is 379 g/mol. The highest BCUT2D eigenvalue weighted by Gasteiger charge is 2.21. The van der Waals surface area contributed by atoms with Crippen LogP contribution in [0.3, 0.4) is 0 Å². The molecule has 0 saturated heterocycles. The molecule has 7 nitrogen and oxygen atoms in total. The van der Waals surface area contributed by atoms with Gasteiger partial charge in [-0.15, -0.1) is 11.3 Å². The van der Waals surface area contributed by atoms with Crippen LogP contribution in [0, 0.1) is 12.7 Å². The number of halogens is 1. The van der Waals surface area contributed by atoms with Crippen molar-refractivity contribution in [3.05, 3.63) is 41.7 Å². The molecular formula is C16H15FN4O3S2. The molecule has 0 N–H and O–H groups in total. The number of Topliss-reactive ketones (excluding diaryl/α,β-unsaturated/α-hetero) is 1. The van der Waals surface area contributed by atoms with E-state index in [1.165, 1.54) is 28.3 Å². The first kappa shape index (κ1) is 18.3. The van der Waals surface area contributed by atoms with E-state index in [1.54, 1.807) is 20.0 Å². The Bertz CT molecular complexity index is 1100. The van der Waals surface area contributed by atoms with Crippen molar-refractivity contribution >= 4 is 27.0 Å². The average molecular weight is 394 g/mol. The quantitative estimate of drug-likeness (QED) is 0.616. The van der Waals surface area contributed by atoms with Crippen molar-refractivity contribution in [3.8, 4) is 21.1 Å². The highest BCUT2D eigenvalue weighted by Crippen LogP contribution is 2.34. The lowest BCUT2D eigenvalue weighted by Gasteiger charge is -1.98. The second-order valence-corrected chi connectivity index (χ2v) is 9.00. The number of carbonyl (C=O) groups excluding carboxylic acids is 1. The molecule has 3 heterocycles. The van der Waals surface area contributed by atoms with Gasteiger partial charge in [0, 0.05) is 25.1 Å². The second-order valence-electron chi connectivity index (χ2n) is 5.86. The van der Waals surface area contributed by atoms with E-state index in [4.69, 9.17) is 0 Å². The molecule has 0 unspecified atom stereocenters. The van der Waals surface area contributed by atoms with Crippen molar-refractivity contribution < 1.29 is 17.6 Å². The van der Waals surface area contributed by atoms with E-state index in [1.807, 2.05) is 0 Å². The number of carbonyl (C=O) groups is 1. The summed E-state index contributed by atoms with van der Waals surface area (Å²) in [5, 5.41) is 4.88. The zero-order chi connectivity index (χ0) is 19.1. The molecule has 0 aliphatic rings. The summed E-state index contributed by atoms with van der Waals surface area (Å²) in [6.45, 7) is 1.79. The van der Waals surface area contributed by atoms with E-state index in [-0.39, 0.29) is 5.69 Å². The molecule has 136 valence electrons. The van der Waals surface area contributed by atoms with Gasteiger partial charge in [0.25, 0.3) is 0 Å². The van der Waals surface area contributed by atoms with Gasteiger partial charge in [0.2, 0.25) is 0 Å². The van der Waals surface area contributed by atoms with Crippen molar-refractivity contribution in [1.82, 2.24) is 19.7 Å². The highest BCUT2D eigenvalue weighted by atomic mass is 32.2. The topological polar surface area (TPSA) is 94.8 Å². The number of ketones is 1. The first-order chi connectivity index (χ1) is 12.1. The second kappa shape index (κ2) is 6.69. The summed E-state index contributed by atoms with van der Waals surface area (Å²) >= 11 is 1.30. The molecule has 26 heavy (non-hydrogen) atoms. The number of aromatic nitrogens is 4. The number of thiazole rings is 1. The number of sulfone groups is 1. The van der Waals surface area contributed by atoms with Crippen LogP contribution in [0.4, 0.5) is 4.39 Å². The maximum absolute atomic E-state index is 13.4. The molecule has 0 radical (unpaired) electrons. The van der Waals surface area contributed by atoms with Gasteiger partial charge in [-0.25, -0.2) is 17.8 Å². The lowest BCUT2D eigenvalue weighted by atomic mass is 10.2. The van der Waals surface area contributed by atoms with Crippen LogP contribution in [0.2, 0.25) is 0 Å².